The van der Waals surface area contributed by atoms with Crippen molar-refractivity contribution < 1.29 is 9.47 Å². The van der Waals surface area contributed by atoms with E-state index in [4.69, 9.17) is 15.2 Å². The zero-order valence-corrected chi connectivity index (χ0v) is 15.4. The zero-order valence-electron chi connectivity index (χ0n) is 14.6. The van der Waals surface area contributed by atoms with E-state index in [-0.39, 0.29) is 18.5 Å². The maximum Gasteiger partial charge on any atom is 0.126 e. The van der Waals surface area contributed by atoms with Crippen LogP contribution in [0.1, 0.15) is 34.2 Å². The van der Waals surface area contributed by atoms with Gasteiger partial charge < -0.3 is 15.2 Å². The molecule has 0 fully saturated rings. The summed E-state index contributed by atoms with van der Waals surface area (Å²) in [6.45, 7) is 7.62. The van der Waals surface area contributed by atoms with Gasteiger partial charge in [-0.15, -0.1) is 12.4 Å². The molecule has 0 radical (unpaired) electrons. The Kier molecular flexibility index (Phi) is 6.14. The van der Waals surface area contributed by atoms with Gasteiger partial charge in [-0.05, 0) is 56.0 Å². The van der Waals surface area contributed by atoms with Gasteiger partial charge in [-0.25, -0.2) is 0 Å². The molecule has 0 amide bonds. The van der Waals surface area contributed by atoms with E-state index in [1.807, 2.05) is 18.2 Å². The number of hydrogen-bond acceptors (Lipinski definition) is 3. The van der Waals surface area contributed by atoms with Crippen LogP contribution in [0.5, 0.6) is 11.5 Å². The van der Waals surface area contributed by atoms with Gasteiger partial charge in [0.05, 0.1) is 0 Å². The van der Waals surface area contributed by atoms with Gasteiger partial charge in [-0.2, -0.15) is 0 Å². The third-order valence-electron chi connectivity index (χ3n) is 4.74. The number of halogens is 1. The third-order valence-corrected chi connectivity index (χ3v) is 4.74. The zero-order chi connectivity index (χ0) is 16.4. The standard InChI is InChI=1S/C20H25NO2.ClH/c1-13-14(2)20-18(11-17(23-20)9-10-21)15(3)19(13)22-12-16-7-5-4-6-8-16;/h4-8,17H,9-12,21H2,1-3H3;1H/t17-;/m1./s1. The van der Waals surface area contributed by atoms with Gasteiger partial charge in [0.2, 0.25) is 0 Å². The van der Waals surface area contributed by atoms with E-state index in [1.54, 1.807) is 0 Å². The lowest BCUT2D eigenvalue weighted by Crippen LogP contribution is -2.18. The summed E-state index contributed by atoms with van der Waals surface area (Å²) in [7, 11) is 0. The SMILES string of the molecule is Cc1c(C)c2c(c(C)c1OCc1ccccc1)C[C@@H](CCN)O2.Cl. The Morgan fingerprint density at radius 1 is 1.08 bits per heavy atom. The van der Waals surface area contributed by atoms with Gasteiger partial charge >= 0.3 is 0 Å². The van der Waals surface area contributed by atoms with Gasteiger partial charge in [-0.1, -0.05) is 30.3 Å². The summed E-state index contributed by atoms with van der Waals surface area (Å²) in [5, 5.41) is 0. The van der Waals surface area contributed by atoms with E-state index in [0.29, 0.717) is 13.2 Å². The molecule has 0 spiro atoms. The van der Waals surface area contributed by atoms with Crippen molar-refractivity contribution in [3.05, 3.63) is 58.1 Å². The molecule has 0 bridgehead atoms. The molecule has 24 heavy (non-hydrogen) atoms. The van der Waals surface area contributed by atoms with Gasteiger partial charge in [0.1, 0.15) is 24.2 Å². The topological polar surface area (TPSA) is 44.5 Å². The molecule has 0 aliphatic carbocycles. The van der Waals surface area contributed by atoms with Gasteiger partial charge in [0, 0.05) is 12.0 Å². The van der Waals surface area contributed by atoms with E-state index in [2.05, 4.69) is 32.9 Å². The minimum Gasteiger partial charge on any atom is -0.489 e. The molecule has 0 saturated heterocycles. The molecule has 3 rings (SSSR count). The highest BCUT2D eigenvalue weighted by Crippen LogP contribution is 2.43. The molecule has 0 aromatic heterocycles. The highest BCUT2D eigenvalue weighted by atomic mass is 35.5. The first-order valence-corrected chi connectivity index (χ1v) is 8.28. The lowest BCUT2D eigenvalue weighted by Gasteiger charge is -2.18. The molecule has 0 saturated carbocycles. The molecule has 1 aliphatic heterocycles. The fourth-order valence-corrected chi connectivity index (χ4v) is 3.29. The second kappa shape index (κ2) is 7.91. The summed E-state index contributed by atoms with van der Waals surface area (Å²) in [4.78, 5) is 0. The number of ether oxygens (including phenoxy) is 2. The van der Waals surface area contributed by atoms with Crippen LogP contribution < -0.4 is 15.2 Å². The van der Waals surface area contributed by atoms with Crippen molar-refractivity contribution in [2.75, 3.05) is 6.54 Å². The van der Waals surface area contributed by atoms with Crippen molar-refractivity contribution >= 4 is 12.4 Å². The maximum absolute atomic E-state index is 6.17. The van der Waals surface area contributed by atoms with E-state index in [0.717, 1.165) is 24.3 Å². The van der Waals surface area contributed by atoms with Gasteiger partial charge in [-0.3, -0.25) is 0 Å². The smallest absolute Gasteiger partial charge is 0.126 e. The second-order valence-corrected chi connectivity index (χ2v) is 6.31. The maximum atomic E-state index is 6.17. The number of nitrogens with two attached hydrogens (primary N) is 1. The van der Waals surface area contributed by atoms with E-state index in [1.165, 1.54) is 27.8 Å². The number of fused-ring (bicyclic) bond motifs is 1. The normalized spacial score (nSPS) is 15.4. The van der Waals surface area contributed by atoms with Crippen LogP contribution in [0.2, 0.25) is 0 Å². The summed E-state index contributed by atoms with van der Waals surface area (Å²) in [5.41, 5.74) is 11.7. The van der Waals surface area contributed by atoms with Crippen LogP contribution >= 0.6 is 12.4 Å². The summed E-state index contributed by atoms with van der Waals surface area (Å²) >= 11 is 0. The fourth-order valence-electron chi connectivity index (χ4n) is 3.29. The Labute approximate surface area is 150 Å². The van der Waals surface area contributed by atoms with Crippen molar-refractivity contribution in [3.63, 3.8) is 0 Å². The molecule has 2 aromatic carbocycles. The molecule has 2 aromatic rings. The first kappa shape index (κ1) is 18.6. The Morgan fingerprint density at radius 2 is 1.79 bits per heavy atom. The molecule has 4 heteroatoms. The Bertz CT molecular complexity index is 701. The summed E-state index contributed by atoms with van der Waals surface area (Å²) < 4.78 is 12.3. The Morgan fingerprint density at radius 3 is 2.46 bits per heavy atom. The third kappa shape index (κ3) is 3.52. The van der Waals surface area contributed by atoms with Crippen LogP contribution in [-0.2, 0) is 13.0 Å². The quantitative estimate of drug-likeness (QED) is 0.878. The summed E-state index contributed by atoms with van der Waals surface area (Å²) in [6.07, 6.45) is 2.03. The Balaban J connectivity index is 0.00000208. The fraction of sp³-hybridized carbons (Fsp3) is 0.400. The number of benzene rings is 2. The highest BCUT2D eigenvalue weighted by Gasteiger charge is 2.29. The first-order valence-electron chi connectivity index (χ1n) is 8.28. The lowest BCUT2D eigenvalue weighted by molar-refractivity contribution is 0.223. The van der Waals surface area contributed by atoms with E-state index < -0.39 is 0 Å². The monoisotopic (exact) mass is 347 g/mol. The van der Waals surface area contributed by atoms with Crippen molar-refractivity contribution in [1.29, 1.82) is 0 Å². The highest BCUT2D eigenvalue weighted by molar-refractivity contribution is 5.85. The molecule has 1 atom stereocenters. The van der Waals surface area contributed by atoms with Crippen molar-refractivity contribution in [3.8, 4) is 11.5 Å². The molecule has 3 nitrogen and oxygen atoms in total. The largest absolute Gasteiger partial charge is 0.489 e. The second-order valence-electron chi connectivity index (χ2n) is 6.31. The van der Waals surface area contributed by atoms with Crippen LogP contribution in [-0.4, -0.2) is 12.6 Å². The molecule has 1 aliphatic rings. The number of rotatable bonds is 5. The van der Waals surface area contributed by atoms with E-state index >= 15 is 0 Å². The van der Waals surface area contributed by atoms with Crippen molar-refractivity contribution in [2.24, 2.45) is 5.73 Å². The molecular weight excluding hydrogens is 322 g/mol. The minimum absolute atomic E-state index is 0. The summed E-state index contributed by atoms with van der Waals surface area (Å²) in [6, 6.07) is 10.3. The molecule has 0 unspecified atom stereocenters. The van der Waals surface area contributed by atoms with Crippen molar-refractivity contribution in [2.45, 2.75) is 46.3 Å². The van der Waals surface area contributed by atoms with Crippen LogP contribution in [0, 0.1) is 20.8 Å². The average molecular weight is 348 g/mol. The van der Waals surface area contributed by atoms with Crippen LogP contribution in [0.25, 0.3) is 0 Å². The lowest BCUT2D eigenvalue weighted by atomic mass is 9.95. The molecule has 2 N–H and O–H groups in total. The predicted molar refractivity (Wildman–Crippen MR) is 100 cm³/mol. The minimum atomic E-state index is 0. The van der Waals surface area contributed by atoms with Crippen LogP contribution in [0.3, 0.4) is 0 Å². The predicted octanol–water partition coefficient (Wildman–Crippen LogP) is 4.26. The number of hydrogen-bond donors (Lipinski definition) is 1. The van der Waals surface area contributed by atoms with Gasteiger partial charge in [0.25, 0.3) is 0 Å². The molecule has 1 heterocycles. The molecular formula is C20H26ClNO2. The first-order chi connectivity index (χ1) is 11.1. The van der Waals surface area contributed by atoms with Crippen LogP contribution in [0.4, 0.5) is 0 Å². The Hall–Kier alpha value is -1.71. The van der Waals surface area contributed by atoms with Crippen molar-refractivity contribution in [1.82, 2.24) is 0 Å². The van der Waals surface area contributed by atoms with E-state index in [9.17, 15) is 0 Å². The average Bonchev–Trinajstić information content (AvgIpc) is 2.98. The van der Waals surface area contributed by atoms with Gasteiger partial charge in [0.15, 0.2) is 0 Å². The summed E-state index contributed by atoms with van der Waals surface area (Å²) in [5.74, 6) is 2.05. The molecule has 130 valence electrons. The van der Waals surface area contributed by atoms with Crippen LogP contribution in [0.15, 0.2) is 30.3 Å².